The van der Waals surface area contributed by atoms with Gasteiger partial charge in [-0.3, -0.25) is 4.79 Å². The fourth-order valence-electron chi connectivity index (χ4n) is 2.06. The maximum atomic E-state index is 12.1. The van der Waals surface area contributed by atoms with Gasteiger partial charge in [-0.05, 0) is 25.0 Å². The summed E-state index contributed by atoms with van der Waals surface area (Å²) in [5, 5.41) is 6.40. The molecule has 21 heavy (non-hydrogen) atoms. The van der Waals surface area contributed by atoms with Crippen LogP contribution in [0.25, 0.3) is 0 Å². The first kappa shape index (κ1) is 15.3. The second-order valence-corrected chi connectivity index (χ2v) is 5.06. The number of amides is 1. The van der Waals surface area contributed by atoms with Crippen LogP contribution in [0.3, 0.4) is 0 Å². The third-order valence-corrected chi connectivity index (χ3v) is 3.24. The molecule has 0 atom stereocenters. The van der Waals surface area contributed by atoms with Crippen molar-refractivity contribution in [1.82, 2.24) is 0 Å². The molecule has 2 N–H and O–H groups in total. The Morgan fingerprint density at radius 2 is 1.71 bits per heavy atom. The third-order valence-electron chi connectivity index (χ3n) is 3.24. The molecule has 1 aromatic heterocycles. The predicted molar refractivity (Wildman–Crippen MR) is 78.4 cm³/mol. The Hall–Kier alpha value is -2.07. The molecule has 5 heteroatoms. The summed E-state index contributed by atoms with van der Waals surface area (Å²) >= 11 is 0. The lowest BCUT2D eigenvalue weighted by atomic mass is 10.2. The topological polar surface area (TPSA) is 45.0 Å². The molecule has 0 bridgehead atoms. The van der Waals surface area contributed by atoms with E-state index in [0.29, 0.717) is 12.6 Å². The number of hydrogen-bond acceptors (Lipinski definition) is 2. The number of pyridine rings is 1. The van der Waals surface area contributed by atoms with Crippen LogP contribution in [0.1, 0.15) is 12.8 Å². The van der Waals surface area contributed by atoms with E-state index in [0.717, 1.165) is 11.4 Å². The average Bonchev–Trinajstić information content (AvgIpc) is 3.26. The molecule has 0 spiro atoms. The SMILES string of the molecule is O=C(C[n+]1ccccc1)Nc1ccccc1NC1CC1.[Cl-]. The number of nitrogens with one attached hydrogen (secondary N) is 2. The van der Waals surface area contributed by atoms with Gasteiger partial charge in [0, 0.05) is 18.2 Å². The lowest BCUT2D eigenvalue weighted by molar-refractivity contribution is -0.684. The molecule has 0 saturated heterocycles. The molecule has 1 heterocycles. The lowest BCUT2D eigenvalue weighted by Gasteiger charge is -2.11. The Kier molecular flexibility index (Phi) is 5.17. The largest absolute Gasteiger partial charge is 1.00 e. The van der Waals surface area contributed by atoms with Crippen molar-refractivity contribution in [2.24, 2.45) is 0 Å². The van der Waals surface area contributed by atoms with Crippen LogP contribution in [-0.2, 0) is 11.3 Å². The minimum atomic E-state index is -0.0220. The Morgan fingerprint density at radius 3 is 2.38 bits per heavy atom. The summed E-state index contributed by atoms with van der Waals surface area (Å²) in [6.45, 7) is 0.318. The van der Waals surface area contributed by atoms with Gasteiger partial charge in [-0.15, -0.1) is 0 Å². The Balaban J connectivity index is 0.00000161. The summed E-state index contributed by atoms with van der Waals surface area (Å²) in [6, 6.07) is 14.2. The molecule has 3 rings (SSSR count). The smallest absolute Gasteiger partial charge is 0.290 e. The van der Waals surface area contributed by atoms with Gasteiger partial charge in [-0.25, -0.2) is 0 Å². The summed E-state index contributed by atoms with van der Waals surface area (Å²) < 4.78 is 1.85. The molecular formula is C16H18ClN3O. The number of halogens is 1. The number of rotatable bonds is 5. The summed E-state index contributed by atoms with van der Waals surface area (Å²) in [5.41, 5.74) is 1.85. The number of hydrogen-bond donors (Lipinski definition) is 2. The molecule has 1 aromatic carbocycles. The number of anilines is 2. The van der Waals surface area contributed by atoms with Crippen molar-refractivity contribution in [1.29, 1.82) is 0 Å². The van der Waals surface area contributed by atoms with Gasteiger partial charge in [-0.1, -0.05) is 18.2 Å². The van der Waals surface area contributed by atoms with Gasteiger partial charge in [0.15, 0.2) is 12.4 Å². The van der Waals surface area contributed by atoms with E-state index >= 15 is 0 Å². The monoisotopic (exact) mass is 303 g/mol. The number of carbonyl (C=O) groups is 1. The first-order chi connectivity index (χ1) is 9.81. The van der Waals surface area contributed by atoms with Gasteiger partial charge in [0.25, 0.3) is 5.91 Å². The fraction of sp³-hybridized carbons (Fsp3) is 0.250. The third kappa shape index (κ3) is 4.46. The number of aromatic nitrogens is 1. The minimum Gasteiger partial charge on any atom is -1.00 e. The molecule has 110 valence electrons. The van der Waals surface area contributed by atoms with Crippen molar-refractivity contribution in [3.8, 4) is 0 Å². The predicted octanol–water partition coefficient (Wildman–Crippen LogP) is -0.809. The van der Waals surface area contributed by atoms with Gasteiger partial charge in [-0.2, -0.15) is 4.57 Å². The van der Waals surface area contributed by atoms with E-state index in [1.54, 1.807) is 0 Å². The van der Waals surface area contributed by atoms with E-state index in [-0.39, 0.29) is 18.3 Å². The van der Waals surface area contributed by atoms with Crippen molar-refractivity contribution in [2.75, 3.05) is 10.6 Å². The highest BCUT2D eigenvalue weighted by molar-refractivity contribution is 5.93. The molecule has 1 aliphatic rings. The Morgan fingerprint density at radius 1 is 1.05 bits per heavy atom. The molecule has 1 aliphatic carbocycles. The maximum absolute atomic E-state index is 12.1. The van der Waals surface area contributed by atoms with E-state index in [2.05, 4.69) is 10.6 Å². The average molecular weight is 304 g/mol. The summed E-state index contributed by atoms with van der Waals surface area (Å²) in [5.74, 6) is -0.0220. The second kappa shape index (κ2) is 7.09. The quantitative estimate of drug-likeness (QED) is 0.710. The number of benzene rings is 1. The molecular weight excluding hydrogens is 286 g/mol. The highest BCUT2D eigenvalue weighted by Crippen LogP contribution is 2.29. The molecule has 1 saturated carbocycles. The summed E-state index contributed by atoms with van der Waals surface area (Å²) in [6.07, 6.45) is 6.19. The molecule has 1 fully saturated rings. The van der Waals surface area contributed by atoms with Crippen LogP contribution in [-0.4, -0.2) is 11.9 Å². The van der Waals surface area contributed by atoms with Crippen molar-refractivity contribution < 1.29 is 21.8 Å². The molecule has 0 aliphatic heterocycles. The van der Waals surface area contributed by atoms with Gasteiger partial charge >= 0.3 is 0 Å². The highest BCUT2D eigenvalue weighted by atomic mass is 35.5. The number of nitrogens with zero attached hydrogens (tertiary/aromatic N) is 1. The van der Waals surface area contributed by atoms with Crippen LogP contribution in [0.5, 0.6) is 0 Å². The summed E-state index contributed by atoms with van der Waals surface area (Å²) in [4.78, 5) is 12.1. The zero-order valence-electron chi connectivity index (χ0n) is 11.6. The second-order valence-electron chi connectivity index (χ2n) is 5.06. The van der Waals surface area contributed by atoms with Gasteiger partial charge in [0.05, 0.1) is 11.4 Å². The standard InChI is InChI=1S/C16H17N3O.ClH/c20-16(12-19-10-4-1-5-11-19)18-15-7-3-2-6-14(15)17-13-8-9-13;/h1-7,10-11,13,17H,8-9,12H2;1H. The highest BCUT2D eigenvalue weighted by Gasteiger charge is 2.22. The van der Waals surface area contributed by atoms with E-state index in [1.165, 1.54) is 12.8 Å². The van der Waals surface area contributed by atoms with Crippen LogP contribution in [0.15, 0.2) is 54.9 Å². The van der Waals surface area contributed by atoms with Crippen LogP contribution >= 0.6 is 0 Å². The zero-order valence-corrected chi connectivity index (χ0v) is 12.4. The van der Waals surface area contributed by atoms with Crippen molar-refractivity contribution in [3.63, 3.8) is 0 Å². The van der Waals surface area contributed by atoms with E-state index < -0.39 is 0 Å². The van der Waals surface area contributed by atoms with Crippen LogP contribution in [0.4, 0.5) is 11.4 Å². The van der Waals surface area contributed by atoms with Crippen LogP contribution < -0.4 is 27.6 Å². The number of para-hydroxylation sites is 2. The fourth-order valence-corrected chi connectivity index (χ4v) is 2.06. The van der Waals surface area contributed by atoms with Crippen molar-refractivity contribution >= 4 is 17.3 Å². The molecule has 1 amide bonds. The maximum Gasteiger partial charge on any atom is 0.290 e. The Bertz CT molecular complexity index is 599. The molecule has 0 unspecified atom stereocenters. The minimum absolute atomic E-state index is 0. The summed E-state index contributed by atoms with van der Waals surface area (Å²) in [7, 11) is 0. The van der Waals surface area contributed by atoms with Gasteiger partial charge in [0.2, 0.25) is 6.54 Å². The normalized spacial score (nSPS) is 13.1. The van der Waals surface area contributed by atoms with E-state index in [9.17, 15) is 4.79 Å². The Labute approximate surface area is 130 Å². The molecule has 0 radical (unpaired) electrons. The first-order valence-electron chi connectivity index (χ1n) is 6.91. The lowest BCUT2D eigenvalue weighted by Crippen LogP contribution is -3.00. The van der Waals surface area contributed by atoms with E-state index in [1.807, 2.05) is 59.4 Å². The number of carbonyl (C=O) groups excluding carboxylic acids is 1. The van der Waals surface area contributed by atoms with Gasteiger partial charge < -0.3 is 23.0 Å². The first-order valence-corrected chi connectivity index (χ1v) is 6.91. The van der Waals surface area contributed by atoms with E-state index in [4.69, 9.17) is 0 Å². The van der Waals surface area contributed by atoms with Crippen molar-refractivity contribution in [2.45, 2.75) is 25.4 Å². The van der Waals surface area contributed by atoms with Crippen molar-refractivity contribution in [3.05, 3.63) is 54.9 Å². The zero-order chi connectivity index (χ0) is 13.8. The molecule has 2 aromatic rings. The van der Waals surface area contributed by atoms with Crippen LogP contribution in [0, 0.1) is 0 Å². The van der Waals surface area contributed by atoms with Gasteiger partial charge in [0.1, 0.15) is 0 Å². The van der Waals surface area contributed by atoms with Crippen LogP contribution in [0.2, 0.25) is 0 Å². The molecule has 4 nitrogen and oxygen atoms in total.